The van der Waals surface area contributed by atoms with Gasteiger partial charge >= 0.3 is 5.97 Å². The molecule has 0 bridgehead atoms. The molecule has 6 nitrogen and oxygen atoms in total. The Labute approximate surface area is 121 Å². The molecular formula is C15H17N3O3. The number of rotatable bonds is 2. The van der Waals surface area contributed by atoms with E-state index >= 15 is 0 Å². The minimum Gasteiger partial charge on any atom is -0.364 e. The van der Waals surface area contributed by atoms with Crippen molar-refractivity contribution in [3.05, 3.63) is 46.2 Å². The standard InChI is InChI=1S/C15H17N3O3/c1-10-9-18(7-6-16-10)21-15(20)12-8-17-13-5-3-2-4-11(13)14(12)19/h2-5,8,10,16H,6-7,9H2,1H3,(H,17,19). The molecule has 0 radical (unpaired) electrons. The Morgan fingerprint density at radius 1 is 1.38 bits per heavy atom. The van der Waals surface area contributed by atoms with E-state index < -0.39 is 5.97 Å². The van der Waals surface area contributed by atoms with Crippen molar-refractivity contribution in [1.29, 1.82) is 0 Å². The van der Waals surface area contributed by atoms with Crippen molar-refractivity contribution >= 4 is 16.9 Å². The molecule has 1 atom stereocenters. The largest absolute Gasteiger partial charge is 0.364 e. The molecule has 6 heteroatoms. The molecule has 1 fully saturated rings. The Bertz CT molecular complexity index is 725. The van der Waals surface area contributed by atoms with Crippen LogP contribution in [0.1, 0.15) is 17.3 Å². The van der Waals surface area contributed by atoms with Crippen molar-refractivity contribution in [1.82, 2.24) is 15.4 Å². The van der Waals surface area contributed by atoms with Crippen molar-refractivity contribution in [2.24, 2.45) is 0 Å². The Kier molecular flexibility index (Phi) is 3.72. The molecule has 21 heavy (non-hydrogen) atoms. The molecular weight excluding hydrogens is 270 g/mol. The monoisotopic (exact) mass is 287 g/mol. The van der Waals surface area contributed by atoms with Crippen LogP contribution in [0.3, 0.4) is 0 Å². The molecule has 1 aliphatic heterocycles. The van der Waals surface area contributed by atoms with Crippen LogP contribution in [0.25, 0.3) is 10.9 Å². The molecule has 110 valence electrons. The lowest BCUT2D eigenvalue weighted by Crippen LogP contribution is -2.49. The van der Waals surface area contributed by atoms with Crippen LogP contribution in [0, 0.1) is 0 Å². The summed E-state index contributed by atoms with van der Waals surface area (Å²) < 4.78 is 0. The molecule has 3 rings (SSSR count). The predicted octanol–water partition coefficient (Wildman–Crippen LogP) is 0.894. The van der Waals surface area contributed by atoms with Crippen LogP contribution in [-0.4, -0.2) is 41.7 Å². The molecule has 0 saturated carbocycles. The zero-order valence-corrected chi connectivity index (χ0v) is 11.8. The van der Waals surface area contributed by atoms with Crippen molar-refractivity contribution in [2.45, 2.75) is 13.0 Å². The van der Waals surface area contributed by atoms with Crippen molar-refractivity contribution in [3.8, 4) is 0 Å². The normalized spacial score (nSPS) is 19.6. The van der Waals surface area contributed by atoms with Crippen molar-refractivity contribution < 1.29 is 9.63 Å². The fraction of sp³-hybridized carbons (Fsp3) is 0.333. The number of carbonyl (C=O) groups is 1. The number of para-hydroxylation sites is 1. The second kappa shape index (κ2) is 5.67. The quantitative estimate of drug-likeness (QED) is 0.858. The fourth-order valence-corrected chi connectivity index (χ4v) is 2.47. The summed E-state index contributed by atoms with van der Waals surface area (Å²) in [7, 11) is 0. The van der Waals surface area contributed by atoms with E-state index in [1.54, 1.807) is 23.3 Å². The molecule has 0 amide bonds. The topological polar surface area (TPSA) is 74.4 Å². The average molecular weight is 287 g/mol. The lowest BCUT2D eigenvalue weighted by molar-refractivity contribution is -0.122. The van der Waals surface area contributed by atoms with Gasteiger partial charge in [0.25, 0.3) is 0 Å². The number of benzene rings is 1. The number of nitrogens with one attached hydrogen (secondary N) is 2. The van der Waals surface area contributed by atoms with Gasteiger partial charge in [0, 0.05) is 36.2 Å². The number of aromatic amines is 1. The summed E-state index contributed by atoms with van der Waals surface area (Å²) in [6.45, 7) is 3.99. The van der Waals surface area contributed by atoms with Gasteiger partial charge < -0.3 is 15.1 Å². The van der Waals surface area contributed by atoms with E-state index in [2.05, 4.69) is 10.3 Å². The predicted molar refractivity (Wildman–Crippen MR) is 79.0 cm³/mol. The SMILES string of the molecule is CC1CN(OC(=O)c2c[nH]c3ccccc3c2=O)CCN1. The summed E-state index contributed by atoms with van der Waals surface area (Å²) in [5, 5.41) is 5.34. The highest BCUT2D eigenvalue weighted by molar-refractivity contribution is 5.93. The highest BCUT2D eigenvalue weighted by Gasteiger charge is 2.22. The highest BCUT2D eigenvalue weighted by atomic mass is 16.7. The van der Waals surface area contributed by atoms with Gasteiger partial charge in [-0.05, 0) is 19.1 Å². The molecule has 0 aliphatic carbocycles. The molecule has 1 aromatic heterocycles. The second-order valence-electron chi connectivity index (χ2n) is 5.20. The number of piperazine rings is 1. The maximum atomic E-state index is 12.3. The summed E-state index contributed by atoms with van der Waals surface area (Å²) in [5.41, 5.74) is 0.423. The Hall–Kier alpha value is -2.18. The third kappa shape index (κ3) is 2.81. The van der Waals surface area contributed by atoms with Gasteiger partial charge in [-0.3, -0.25) is 4.79 Å². The van der Waals surface area contributed by atoms with E-state index in [1.165, 1.54) is 6.20 Å². The first-order valence-electron chi connectivity index (χ1n) is 6.96. The number of aromatic nitrogens is 1. The van der Waals surface area contributed by atoms with Gasteiger partial charge in [0.1, 0.15) is 5.56 Å². The highest BCUT2D eigenvalue weighted by Crippen LogP contribution is 2.09. The molecule has 2 N–H and O–H groups in total. The third-order valence-electron chi connectivity index (χ3n) is 3.55. The number of fused-ring (bicyclic) bond motifs is 1. The molecule has 2 heterocycles. The Morgan fingerprint density at radius 2 is 2.19 bits per heavy atom. The zero-order valence-electron chi connectivity index (χ0n) is 11.8. The van der Waals surface area contributed by atoms with Crippen LogP contribution >= 0.6 is 0 Å². The van der Waals surface area contributed by atoms with Gasteiger partial charge in [-0.1, -0.05) is 12.1 Å². The smallest absolute Gasteiger partial charge is 0.362 e. The van der Waals surface area contributed by atoms with Gasteiger partial charge in [-0.15, -0.1) is 5.06 Å². The number of nitrogens with zero attached hydrogens (tertiary/aromatic N) is 1. The molecule has 1 aliphatic rings. The first-order chi connectivity index (χ1) is 10.1. The van der Waals surface area contributed by atoms with Crippen LogP contribution in [-0.2, 0) is 4.84 Å². The van der Waals surface area contributed by atoms with Gasteiger partial charge in [-0.2, -0.15) is 0 Å². The molecule has 1 aromatic carbocycles. The minimum absolute atomic E-state index is 0.0277. The number of pyridine rings is 1. The minimum atomic E-state index is -0.615. The zero-order chi connectivity index (χ0) is 14.8. The number of carbonyl (C=O) groups excluding carboxylic acids is 1. The summed E-state index contributed by atoms with van der Waals surface area (Å²) in [6, 6.07) is 7.34. The van der Waals surface area contributed by atoms with E-state index in [9.17, 15) is 9.59 Å². The van der Waals surface area contributed by atoms with Crippen molar-refractivity contribution in [3.63, 3.8) is 0 Å². The van der Waals surface area contributed by atoms with Gasteiger partial charge in [-0.25, -0.2) is 4.79 Å². The van der Waals surface area contributed by atoms with Crippen LogP contribution in [0.4, 0.5) is 0 Å². The van der Waals surface area contributed by atoms with Crippen molar-refractivity contribution in [2.75, 3.05) is 19.6 Å². The molecule has 1 unspecified atom stereocenters. The van der Waals surface area contributed by atoms with E-state index in [0.29, 0.717) is 24.0 Å². The van der Waals surface area contributed by atoms with E-state index in [1.807, 2.05) is 13.0 Å². The van der Waals surface area contributed by atoms with Gasteiger partial charge in [0.05, 0.1) is 6.54 Å². The number of hydrogen-bond donors (Lipinski definition) is 2. The van der Waals surface area contributed by atoms with Gasteiger partial charge in [0.2, 0.25) is 5.43 Å². The first kappa shape index (κ1) is 13.8. The summed E-state index contributed by atoms with van der Waals surface area (Å²) in [6.07, 6.45) is 1.42. The molecule has 0 spiro atoms. The number of hydroxylamine groups is 2. The van der Waals surface area contributed by atoms with E-state index in [-0.39, 0.29) is 17.0 Å². The number of H-pyrrole nitrogens is 1. The summed E-state index contributed by atoms with van der Waals surface area (Å²) in [5.74, 6) is -0.615. The maximum absolute atomic E-state index is 12.3. The van der Waals surface area contributed by atoms with E-state index in [4.69, 9.17) is 4.84 Å². The van der Waals surface area contributed by atoms with E-state index in [0.717, 1.165) is 6.54 Å². The lowest BCUT2D eigenvalue weighted by atomic mass is 10.1. The lowest BCUT2D eigenvalue weighted by Gasteiger charge is -2.29. The second-order valence-corrected chi connectivity index (χ2v) is 5.20. The summed E-state index contributed by atoms with van der Waals surface area (Å²) >= 11 is 0. The first-order valence-corrected chi connectivity index (χ1v) is 6.96. The Balaban J connectivity index is 1.84. The van der Waals surface area contributed by atoms with Gasteiger partial charge in [0.15, 0.2) is 0 Å². The average Bonchev–Trinajstić information content (AvgIpc) is 2.48. The number of hydrogen-bond acceptors (Lipinski definition) is 5. The molecule has 2 aromatic rings. The fourth-order valence-electron chi connectivity index (χ4n) is 2.47. The van der Waals surface area contributed by atoms with Crippen LogP contribution in [0.5, 0.6) is 0 Å². The van der Waals surface area contributed by atoms with Crippen LogP contribution < -0.4 is 10.7 Å². The maximum Gasteiger partial charge on any atom is 0.362 e. The summed E-state index contributed by atoms with van der Waals surface area (Å²) in [4.78, 5) is 32.8. The third-order valence-corrected chi connectivity index (χ3v) is 3.55. The van der Waals surface area contributed by atoms with Crippen LogP contribution in [0.15, 0.2) is 35.3 Å². The van der Waals surface area contributed by atoms with Crippen LogP contribution in [0.2, 0.25) is 0 Å². The molecule has 1 saturated heterocycles. The Morgan fingerprint density at radius 3 is 3.00 bits per heavy atom.